The van der Waals surface area contributed by atoms with Gasteiger partial charge < -0.3 is 9.84 Å². The van der Waals surface area contributed by atoms with Gasteiger partial charge in [0.15, 0.2) is 0 Å². The predicted octanol–water partition coefficient (Wildman–Crippen LogP) is 0.198. The maximum atomic E-state index is 12.2. The molecule has 2 rings (SSSR count). The van der Waals surface area contributed by atoms with Crippen LogP contribution in [0.4, 0.5) is 0 Å². The molecule has 0 amide bonds. The van der Waals surface area contributed by atoms with Gasteiger partial charge in [-0.25, -0.2) is 12.7 Å². The second-order valence-electron chi connectivity index (χ2n) is 5.10. The number of piperidine rings is 1. The van der Waals surface area contributed by atoms with E-state index in [1.807, 2.05) is 6.92 Å². The third-order valence-electron chi connectivity index (χ3n) is 3.64. The molecule has 0 aromatic carbocycles. The van der Waals surface area contributed by atoms with Crippen LogP contribution in [0.2, 0.25) is 0 Å². The minimum absolute atomic E-state index is 0.0167. The van der Waals surface area contributed by atoms with Crippen LogP contribution in [-0.2, 0) is 14.8 Å². The molecule has 2 heterocycles. The predicted molar refractivity (Wildman–Crippen MR) is 64.1 cm³/mol. The number of ether oxygens (including phenoxy) is 1. The molecule has 2 aliphatic rings. The summed E-state index contributed by atoms with van der Waals surface area (Å²) in [5.41, 5.74) is 0. The Morgan fingerprint density at radius 3 is 2.76 bits per heavy atom. The van der Waals surface area contributed by atoms with E-state index in [-0.39, 0.29) is 23.9 Å². The molecule has 2 fully saturated rings. The second kappa shape index (κ2) is 5.22. The van der Waals surface area contributed by atoms with E-state index in [1.165, 1.54) is 4.31 Å². The Morgan fingerprint density at radius 1 is 1.41 bits per heavy atom. The summed E-state index contributed by atoms with van der Waals surface area (Å²) in [6, 6.07) is 0. The Bertz CT molecular complexity index is 350. The largest absolute Gasteiger partial charge is 0.393 e. The molecular formula is C11H21NO4S. The van der Waals surface area contributed by atoms with Crippen molar-refractivity contribution in [2.45, 2.75) is 38.4 Å². The molecule has 0 aromatic rings. The average Bonchev–Trinajstić information content (AvgIpc) is 2.73. The number of aliphatic hydroxyl groups excluding tert-OH is 1. The van der Waals surface area contributed by atoms with E-state index in [4.69, 9.17) is 4.74 Å². The molecular weight excluding hydrogens is 242 g/mol. The summed E-state index contributed by atoms with van der Waals surface area (Å²) in [7, 11) is -3.23. The van der Waals surface area contributed by atoms with Crippen LogP contribution in [-0.4, -0.2) is 55.5 Å². The van der Waals surface area contributed by atoms with Crippen molar-refractivity contribution >= 4 is 10.0 Å². The Kier molecular flexibility index (Phi) is 4.07. The maximum Gasteiger partial charge on any atom is 0.216 e. The third-order valence-corrected chi connectivity index (χ3v) is 5.55. The molecule has 17 heavy (non-hydrogen) atoms. The number of hydrogen-bond acceptors (Lipinski definition) is 4. The monoisotopic (exact) mass is 263 g/mol. The van der Waals surface area contributed by atoms with E-state index in [2.05, 4.69) is 0 Å². The maximum absolute atomic E-state index is 12.2. The highest BCUT2D eigenvalue weighted by molar-refractivity contribution is 7.89. The summed E-state index contributed by atoms with van der Waals surface area (Å²) >= 11 is 0. The molecule has 5 nitrogen and oxygen atoms in total. The minimum Gasteiger partial charge on any atom is -0.393 e. The molecule has 0 bridgehead atoms. The second-order valence-corrected chi connectivity index (χ2v) is 7.12. The van der Waals surface area contributed by atoms with Crippen LogP contribution in [0.25, 0.3) is 0 Å². The van der Waals surface area contributed by atoms with Crippen LogP contribution in [0.3, 0.4) is 0 Å². The summed E-state index contributed by atoms with van der Waals surface area (Å²) in [5.74, 6) is 0.110. The molecule has 3 unspecified atom stereocenters. The number of rotatable bonds is 3. The molecule has 0 saturated carbocycles. The van der Waals surface area contributed by atoms with Gasteiger partial charge in [0.1, 0.15) is 0 Å². The highest BCUT2D eigenvalue weighted by Gasteiger charge is 2.33. The molecule has 0 aliphatic carbocycles. The van der Waals surface area contributed by atoms with E-state index in [9.17, 15) is 13.5 Å². The Labute approximate surface area is 103 Å². The van der Waals surface area contributed by atoms with Gasteiger partial charge in [-0.3, -0.25) is 0 Å². The van der Waals surface area contributed by atoms with Crippen molar-refractivity contribution in [1.29, 1.82) is 0 Å². The van der Waals surface area contributed by atoms with Gasteiger partial charge in [0.05, 0.1) is 18.0 Å². The van der Waals surface area contributed by atoms with Crippen LogP contribution in [0.5, 0.6) is 0 Å². The SMILES string of the molecule is CC1CN(S(=O)(=O)CC2CCCO2)CCC1O. The standard InChI is InChI=1S/C11H21NO4S/c1-9-7-12(5-4-11(9)13)17(14,15)8-10-3-2-6-16-10/h9-11,13H,2-8H2,1H3. The fraction of sp³-hybridized carbons (Fsp3) is 1.00. The molecule has 3 atom stereocenters. The van der Waals surface area contributed by atoms with E-state index in [0.717, 1.165) is 12.8 Å². The van der Waals surface area contributed by atoms with Crippen molar-refractivity contribution in [1.82, 2.24) is 4.31 Å². The van der Waals surface area contributed by atoms with Gasteiger partial charge in [-0.15, -0.1) is 0 Å². The number of sulfonamides is 1. The van der Waals surface area contributed by atoms with E-state index < -0.39 is 10.0 Å². The quantitative estimate of drug-likeness (QED) is 0.790. The molecule has 100 valence electrons. The zero-order valence-electron chi connectivity index (χ0n) is 10.2. The van der Waals surface area contributed by atoms with Gasteiger partial charge >= 0.3 is 0 Å². The Hall–Kier alpha value is -0.170. The molecule has 0 aromatic heterocycles. The lowest BCUT2D eigenvalue weighted by Gasteiger charge is -2.33. The highest BCUT2D eigenvalue weighted by atomic mass is 32.2. The normalized spacial score (nSPS) is 36.2. The Balaban J connectivity index is 1.95. The fourth-order valence-corrected chi connectivity index (χ4v) is 4.25. The smallest absolute Gasteiger partial charge is 0.216 e. The molecule has 6 heteroatoms. The summed E-state index contributed by atoms with van der Waals surface area (Å²) < 4.78 is 31.2. The van der Waals surface area contributed by atoms with Crippen molar-refractivity contribution in [2.24, 2.45) is 5.92 Å². The zero-order chi connectivity index (χ0) is 12.5. The van der Waals surface area contributed by atoms with Crippen molar-refractivity contribution in [3.05, 3.63) is 0 Å². The molecule has 2 saturated heterocycles. The van der Waals surface area contributed by atoms with Crippen LogP contribution in [0.1, 0.15) is 26.2 Å². The first-order valence-corrected chi connectivity index (χ1v) is 7.87. The fourth-order valence-electron chi connectivity index (χ4n) is 2.46. The summed E-state index contributed by atoms with van der Waals surface area (Å²) in [6.07, 6.45) is 1.82. The van der Waals surface area contributed by atoms with Crippen LogP contribution in [0, 0.1) is 5.92 Å². The van der Waals surface area contributed by atoms with Crippen LogP contribution in [0.15, 0.2) is 0 Å². The number of aliphatic hydroxyl groups is 1. The first-order valence-electron chi connectivity index (χ1n) is 6.26. The lowest BCUT2D eigenvalue weighted by atomic mass is 9.99. The van der Waals surface area contributed by atoms with Crippen LogP contribution >= 0.6 is 0 Å². The van der Waals surface area contributed by atoms with E-state index in [0.29, 0.717) is 26.1 Å². The molecule has 0 spiro atoms. The van der Waals surface area contributed by atoms with Gasteiger partial charge in [-0.05, 0) is 25.2 Å². The minimum atomic E-state index is -3.23. The van der Waals surface area contributed by atoms with Crippen molar-refractivity contribution < 1.29 is 18.3 Å². The van der Waals surface area contributed by atoms with Gasteiger partial charge in [-0.1, -0.05) is 6.92 Å². The summed E-state index contributed by atoms with van der Waals surface area (Å²) in [6.45, 7) is 3.42. The molecule has 0 radical (unpaired) electrons. The van der Waals surface area contributed by atoms with Gasteiger partial charge in [0.25, 0.3) is 0 Å². The molecule has 2 aliphatic heterocycles. The van der Waals surface area contributed by atoms with E-state index in [1.54, 1.807) is 0 Å². The first kappa shape index (κ1) is 13.3. The van der Waals surface area contributed by atoms with Crippen LogP contribution < -0.4 is 0 Å². The van der Waals surface area contributed by atoms with Gasteiger partial charge in [0.2, 0.25) is 10.0 Å². The summed E-state index contributed by atoms with van der Waals surface area (Å²) in [4.78, 5) is 0. The molecule has 1 N–H and O–H groups in total. The van der Waals surface area contributed by atoms with Gasteiger partial charge in [-0.2, -0.15) is 0 Å². The zero-order valence-corrected chi connectivity index (χ0v) is 11.0. The highest BCUT2D eigenvalue weighted by Crippen LogP contribution is 2.22. The third kappa shape index (κ3) is 3.19. The van der Waals surface area contributed by atoms with Crippen molar-refractivity contribution in [3.8, 4) is 0 Å². The number of hydrogen-bond donors (Lipinski definition) is 1. The lowest BCUT2D eigenvalue weighted by Crippen LogP contribution is -2.46. The average molecular weight is 263 g/mol. The van der Waals surface area contributed by atoms with Gasteiger partial charge in [0, 0.05) is 19.7 Å². The summed E-state index contributed by atoms with van der Waals surface area (Å²) in [5, 5.41) is 9.60. The van der Waals surface area contributed by atoms with Crippen molar-refractivity contribution in [2.75, 3.05) is 25.4 Å². The lowest BCUT2D eigenvalue weighted by molar-refractivity contribution is 0.0620. The van der Waals surface area contributed by atoms with E-state index >= 15 is 0 Å². The Morgan fingerprint density at radius 2 is 2.18 bits per heavy atom. The topological polar surface area (TPSA) is 66.8 Å². The first-order chi connectivity index (χ1) is 7.99. The van der Waals surface area contributed by atoms with Crippen molar-refractivity contribution in [3.63, 3.8) is 0 Å². The number of nitrogens with zero attached hydrogens (tertiary/aromatic N) is 1.